The highest BCUT2D eigenvalue weighted by molar-refractivity contribution is 6.31. The standard InChI is InChI=1S/C18H20ClN3O2/c1-12(14-10-6-7-11-15(14)19)21-16(13-8-4-3-5-9-13)17(23)22-18(24)20-2/h3-12,16,21H,1-2H3,(H2,20,22,23,24)/t12-,16-/m1/s1. The molecule has 0 bridgehead atoms. The van der Waals surface area contributed by atoms with Gasteiger partial charge in [0, 0.05) is 18.1 Å². The Kier molecular flexibility index (Phi) is 6.35. The van der Waals surface area contributed by atoms with Gasteiger partial charge in [0.2, 0.25) is 5.91 Å². The van der Waals surface area contributed by atoms with Gasteiger partial charge in [0.25, 0.3) is 0 Å². The molecule has 126 valence electrons. The van der Waals surface area contributed by atoms with Crippen molar-refractivity contribution in [2.75, 3.05) is 7.05 Å². The van der Waals surface area contributed by atoms with Gasteiger partial charge < -0.3 is 5.32 Å². The number of amides is 3. The third-order valence-corrected chi connectivity index (χ3v) is 3.99. The van der Waals surface area contributed by atoms with Crippen molar-refractivity contribution >= 4 is 23.5 Å². The molecule has 0 radical (unpaired) electrons. The average molecular weight is 346 g/mol. The Morgan fingerprint density at radius 3 is 2.25 bits per heavy atom. The molecule has 24 heavy (non-hydrogen) atoms. The van der Waals surface area contributed by atoms with Crippen LogP contribution in [-0.4, -0.2) is 19.0 Å². The van der Waals surface area contributed by atoms with Gasteiger partial charge in [-0.1, -0.05) is 60.1 Å². The summed E-state index contributed by atoms with van der Waals surface area (Å²) in [5.41, 5.74) is 1.64. The summed E-state index contributed by atoms with van der Waals surface area (Å²) in [6, 6.07) is 15.3. The SMILES string of the molecule is CNC(=O)NC(=O)[C@H](N[C@H](C)c1ccccc1Cl)c1ccccc1. The predicted octanol–water partition coefficient (Wildman–Crippen LogP) is 3.19. The van der Waals surface area contributed by atoms with Gasteiger partial charge in [-0.05, 0) is 24.1 Å². The summed E-state index contributed by atoms with van der Waals surface area (Å²) < 4.78 is 0. The maximum atomic E-state index is 12.5. The third-order valence-electron chi connectivity index (χ3n) is 3.65. The van der Waals surface area contributed by atoms with Crippen molar-refractivity contribution in [1.82, 2.24) is 16.0 Å². The van der Waals surface area contributed by atoms with E-state index in [4.69, 9.17) is 11.6 Å². The van der Waals surface area contributed by atoms with Crippen LogP contribution >= 0.6 is 11.6 Å². The molecule has 0 saturated carbocycles. The number of carbonyl (C=O) groups is 2. The van der Waals surface area contributed by atoms with Crippen molar-refractivity contribution in [3.05, 3.63) is 70.7 Å². The van der Waals surface area contributed by atoms with Crippen LogP contribution in [0.4, 0.5) is 4.79 Å². The molecule has 0 saturated heterocycles. The van der Waals surface area contributed by atoms with E-state index in [0.717, 1.165) is 11.1 Å². The molecular weight excluding hydrogens is 326 g/mol. The monoisotopic (exact) mass is 345 g/mol. The van der Waals surface area contributed by atoms with Crippen LogP contribution in [0.25, 0.3) is 0 Å². The van der Waals surface area contributed by atoms with Crippen LogP contribution in [0.15, 0.2) is 54.6 Å². The molecule has 6 heteroatoms. The van der Waals surface area contributed by atoms with E-state index in [2.05, 4.69) is 16.0 Å². The molecule has 2 atom stereocenters. The van der Waals surface area contributed by atoms with Crippen LogP contribution in [-0.2, 0) is 4.79 Å². The number of rotatable bonds is 5. The molecule has 0 unspecified atom stereocenters. The van der Waals surface area contributed by atoms with Crippen molar-refractivity contribution in [3.8, 4) is 0 Å². The highest BCUT2D eigenvalue weighted by atomic mass is 35.5. The van der Waals surface area contributed by atoms with Crippen LogP contribution in [0.3, 0.4) is 0 Å². The molecule has 2 aromatic carbocycles. The van der Waals surface area contributed by atoms with Crippen LogP contribution in [0.5, 0.6) is 0 Å². The smallest absolute Gasteiger partial charge is 0.321 e. The number of hydrogen-bond donors (Lipinski definition) is 3. The van der Waals surface area contributed by atoms with Crippen molar-refractivity contribution in [1.29, 1.82) is 0 Å². The number of nitrogens with one attached hydrogen (secondary N) is 3. The van der Waals surface area contributed by atoms with Gasteiger partial charge in [-0.3, -0.25) is 15.4 Å². The summed E-state index contributed by atoms with van der Waals surface area (Å²) in [4.78, 5) is 24.0. The normalized spacial score (nSPS) is 13.0. The summed E-state index contributed by atoms with van der Waals surface area (Å²) in [6.07, 6.45) is 0. The van der Waals surface area contributed by atoms with Crippen molar-refractivity contribution < 1.29 is 9.59 Å². The molecule has 0 aliphatic rings. The fourth-order valence-electron chi connectivity index (χ4n) is 2.38. The van der Waals surface area contributed by atoms with E-state index in [-0.39, 0.29) is 6.04 Å². The number of urea groups is 1. The maximum Gasteiger partial charge on any atom is 0.321 e. The number of benzene rings is 2. The summed E-state index contributed by atoms with van der Waals surface area (Å²) in [7, 11) is 1.46. The van der Waals surface area contributed by atoms with Gasteiger partial charge in [-0.2, -0.15) is 0 Å². The van der Waals surface area contributed by atoms with Crippen LogP contribution in [0, 0.1) is 0 Å². The second kappa shape index (κ2) is 8.47. The van der Waals surface area contributed by atoms with Crippen LogP contribution < -0.4 is 16.0 Å². The second-order valence-corrected chi connectivity index (χ2v) is 5.73. The van der Waals surface area contributed by atoms with E-state index in [1.165, 1.54) is 7.05 Å². The van der Waals surface area contributed by atoms with Crippen LogP contribution in [0.1, 0.15) is 30.1 Å². The minimum absolute atomic E-state index is 0.181. The van der Waals surface area contributed by atoms with Gasteiger partial charge in [-0.25, -0.2) is 4.79 Å². The fourth-order valence-corrected chi connectivity index (χ4v) is 2.68. The molecule has 0 aromatic heterocycles. The topological polar surface area (TPSA) is 70.2 Å². The van der Waals surface area contributed by atoms with Crippen molar-refractivity contribution in [3.63, 3.8) is 0 Å². The summed E-state index contributed by atoms with van der Waals surface area (Å²) >= 11 is 6.23. The number of carbonyl (C=O) groups excluding carboxylic acids is 2. The Hall–Kier alpha value is -2.37. The number of hydrogen-bond acceptors (Lipinski definition) is 3. The highest BCUT2D eigenvalue weighted by Gasteiger charge is 2.24. The zero-order valence-electron chi connectivity index (χ0n) is 13.5. The van der Waals surface area contributed by atoms with Crippen molar-refractivity contribution in [2.24, 2.45) is 0 Å². The lowest BCUT2D eigenvalue weighted by Crippen LogP contribution is -2.44. The van der Waals surface area contributed by atoms with Gasteiger partial charge >= 0.3 is 6.03 Å². The summed E-state index contributed by atoms with van der Waals surface area (Å²) in [5, 5.41) is 8.56. The van der Waals surface area contributed by atoms with E-state index in [9.17, 15) is 9.59 Å². The van der Waals surface area contributed by atoms with E-state index < -0.39 is 18.0 Å². The molecule has 3 N–H and O–H groups in total. The third kappa shape index (κ3) is 4.57. The second-order valence-electron chi connectivity index (χ2n) is 5.32. The molecule has 0 aliphatic carbocycles. The molecule has 5 nitrogen and oxygen atoms in total. The molecular formula is C18H20ClN3O2. The fraction of sp³-hybridized carbons (Fsp3) is 0.222. The van der Waals surface area contributed by atoms with Gasteiger partial charge in [0.05, 0.1) is 0 Å². The first-order valence-corrected chi connectivity index (χ1v) is 7.98. The summed E-state index contributed by atoms with van der Waals surface area (Å²) in [6.45, 7) is 1.92. The minimum atomic E-state index is -0.685. The quantitative estimate of drug-likeness (QED) is 0.779. The first-order chi connectivity index (χ1) is 11.5. The van der Waals surface area contributed by atoms with Crippen molar-refractivity contribution in [2.45, 2.75) is 19.0 Å². The highest BCUT2D eigenvalue weighted by Crippen LogP contribution is 2.25. The molecule has 0 fully saturated rings. The molecule has 0 heterocycles. The Balaban J connectivity index is 2.24. The Bertz CT molecular complexity index is 706. The Morgan fingerprint density at radius 2 is 1.62 bits per heavy atom. The lowest BCUT2D eigenvalue weighted by Gasteiger charge is -2.23. The largest absolute Gasteiger partial charge is 0.341 e. The number of imide groups is 1. The van der Waals surface area contributed by atoms with Crippen LogP contribution in [0.2, 0.25) is 5.02 Å². The number of halogens is 1. The summed E-state index contributed by atoms with van der Waals surface area (Å²) in [5.74, 6) is -0.431. The lowest BCUT2D eigenvalue weighted by molar-refractivity contribution is -0.122. The van der Waals surface area contributed by atoms with Gasteiger partial charge in [-0.15, -0.1) is 0 Å². The minimum Gasteiger partial charge on any atom is -0.341 e. The van der Waals surface area contributed by atoms with Gasteiger partial charge in [0.15, 0.2) is 0 Å². The molecule has 2 aromatic rings. The first-order valence-electron chi connectivity index (χ1n) is 7.61. The van der Waals surface area contributed by atoms with Gasteiger partial charge in [0.1, 0.15) is 6.04 Å². The predicted molar refractivity (Wildman–Crippen MR) is 94.8 cm³/mol. The Labute approximate surface area is 146 Å². The first kappa shape index (κ1) is 18.0. The van der Waals surface area contributed by atoms with E-state index in [1.807, 2.05) is 55.5 Å². The lowest BCUT2D eigenvalue weighted by atomic mass is 10.0. The maximum absolute atomic E-state index is 12.5. The van der Waals surface area contributed by atoms with E-state index in [1.54, 1.807) is 6.07 Å². The zero-order chi connectivity index (χ0) is 17.5. The molecule has 2 rings (SSSR count). The average Bonchev–Trinajstić information content (AvgIpc) is 2.60. The molecule has 3 amide bonds. The van der Waals surface area contributed by atoms with E-state index in [0.29, 0.717) is 5.02 Å². The zero-order valence-corrected chi connectivity index (χ0v) is 14.3. The molecule has 0 spiro atoms. The van der Waals surface area contributed by atoms with E-state index >= 15 is 0 Å². The molecule has 0 aliphatic heterocycles. The Morgan fingerprint density at radius 1 is 1.00 bits per heavy atom.